The summed E-state index contributed by atoms with van der Waals surface area (Å²) in [4.78, 5) is 6.12. The number of halogens is 6. The molecule has 7 nitrogen and oxygen atoms in total. The third-order valence-electron chi connectivity index (χ3n) is 5.39. The Bertz CT molecular complexity index is 1310. The summed E-state index contributed by atoms with van der Waals surface area (Å²) in [6.07, 6.45) is -7.58. The van der Waals surface area contributed by atoms with Gasteiger partial charge >= 0.3 is 22.8 Å². The Morgan fingerprint density at radius 2 is 1.50 bits per heavy atom. The molecule has 1 aliphatic rings. The summed E-state index contributed by atoms with van der Waals surface area (Å²) >= 11 is 0. The molecular weight excluding hydrogens is 542 g/mol. The van der Waals surface area contributed by atoms with Crippen LogP contribution < -0.4 is 4.74 Å². The topological polar surface area (TPSA) is 100.0 Å². The van der Waals surface area contributed by atoms with Gasteiger partial charge in [-0.3, -0.25) is 14.0 Å². The molecule has 14 heteroatoms. The van der Waals surface area contributed by atoms with E-state index in [0.717, 1.165) is 28.8 Å². The van der Waals surface area contributed by atoms with Gasteiger partial charge in [-0.15, -0.1) is 0 Å². The molecule has 2 heterocycles. The highest BCUT2D eigenvalue weighted by Gasteiger charge is 2.37. The number of aromatic nitrogens is 1. The van der Waals surface area contributed by atoms with Gasteiger partial charge < -0.3 is 4.74 Å². The second kappa shape index (κ2) is 11.7. The van der Waals surface area contributed by atoms with E-state index in [2.05, 4.69) is 4.98 Å². The first-order chi connectivity index (χ1) is 17.6. The van der Waals surface area contributed by atoms with Crippen LogP contribution in [0.3, 0.4) is 0 Å². The Hall–Kier alpha value is -3.20. The quantitative estimate of drug-likeness (QED) is 0.301. The van der Waals surface area contributed by atoms with Crippen molar-refractivity contribution < 1.29 is 48.6 Å². The largest absolute Gasteiger partial charge is 0.477 e. The van der Waals surface area contributed by atoms with Crippen molar-refractivity contribution in [1.82, 2.24) is 9.88 Å². The molecule has 0 atom stereocenters. The van der Waals surface area contributed by atoms with Gasteiger partial charge in [0.2, 0.25) is 5.88 Å². The first-order valence-corrected chi connectivity index (χ1v) is 12.4. The van der Waals surface area contributed by atoms with Gasteiger partial charge in [0.15, 0.2) is 0 Å². The Balaban J connectivity index is 0.000000732. The van der Waals surface area contributed by atoms with E-state index in [4.69, 9.17) is 22.3 Å². The van der Waals surface area contributed by atoms with Gasteiger partial charge in [0.25, 0.3) is 0 Å². The second-order valence-corrected chi connectivity index (χ2v) is 9.18. The van der Waals surface area contributed by atoms with E-state index in [-0.39, 0.29) is 24.7 Å². The average molecular weight is 565 g/mol. The van der Waals surface area contributed by atoms with Crippen LogP contribution in [0.2, 0.25) is 0 Å². The lowest BCUT2D eigenvalue weighted by Crippen LogP contribution is -2.28. The molecule has 0 amide bonds. The number of ether oxygens (including phenoxy) is 1. The maximum Gasteiger partial charge on any atom is 0.416 e. The molecule has 2 aromatic carbocycles. The van der Waals surface area contributed by atoms with Crippen LogP contribution in [0.25, 0.3) is 11.1 Å². The first kappa shape index (κ1) is 29.4. The highest BCUT2D eigenvalue weighted by Crippen LogP contribution is 2.37. The fourth-order valence-electron chi connectivity index (χ4n) is 3.90. The highest BCUT2D eigenvalue weighted by molar-refractivity contribution is 7.79. The molecular formula is C24H22F6N2O5S. The molecule has 206 valence electrons. The summed E-state index contributed by atoms with van der Waals surface area (Å²) in [5, 5.41) is 0. The van der Waals surface area contributed by atoms with Gasteiger partial charge in [0.1, 0.15) is 0 Å². The molecule has 0 saturated carbocycles. The van der Waals surface area contributed by atoms with Crippen LogP contribution in [-0.4, -0.2) is 40.6 Å². The van der Waals surface area contributed by atoms with Crippen LogP contribution >= 0.6 is 0 Å². The number of benzene rings is 2. The predicted octanol–water partition coefficient (Wildman–Crippen LogP) is 5.92. The van der Waals surface area contributed by atoms with E-state index < -0.39 is 33.9 Å². The average Bonchev–Trinajstić information content (AvgIpc) is 2.79. The van der Waals surface area contributed by atoms with Gasteiger partial charge in [-0.25, -0.2) is 4.98 Å². The summed E-state index contributed by atoms with van der Waals surface area (Å²) in [7, 11) is -4.67. The zero-order valence-electron chi connectivity index (χ0n) is 19.5. The van der Waals surface area contributed by atoms with Crippen LogP contribution in [0.5, 0.6) is 5.88 Å². The van der Waals surface area contributed by atoms with E-state index in [9.17, 15) is 26.3 Å². The van der Waals surface area contributed by atoms with Crippen molar-refractivity contribution >= 4 is 10.4 Å². The molecule has 1 aliphatic heterocycles. The molecule has 38 heavy (non-hydrogen) atoms. The molecule has 2 N–H and O–H groups in total. The van der Waals surface area contributed by atoms with E-state index in [1.54, 1.807) is 6.20 Å². The monoisotopic (exact) mass is 564 g/mol. The highest BCUT2D eigenvalue weighted by atomic mass is 32.3. The standard InChI is InChI=1S/C24H20F6N2O.H2O4S/c25-23(26,27)18-11-16(12-19(13-18)24(28,29)30)14-32-9-4-10-33-22-21(15-32)20(7-8-31-22)17-5-2-1-3-6-17;1-5(2,3)4/h1-3,5-8,11-13H,4,9-10,14-15H2;(H2,1,2,3,4). The van der Waals surface area contributed by atoms with Crippen molar-refractivity contribution in [2.75, 3.05) is 13.2 Å². The van der Waals surface area contributed by atoms with E-state index in [0.29, 0.717) is 25.5 Å². The number of hydrogen-bond donors (Lipinski definition) is 2. The Kier molecular flexibility index (Phi) is 9.02. The van der Waals surface area contributed by atoms with E-state index >= 15 is 0 Å². The van der Waals surface area contributed by atoms with Crippen molar-refractivity contribution in [3.63, 3.8) is 0 Å². The lowest BCUT2D eigenvalue weighted by atomic mass is 10.00. The normalized spacial score (nSPS) is 14.8. The molecule has 0 aliphatic carbocycles. The van der Waals surface area contributed by atoms with Crippen LogP contribution in [0.1, 0.15) is 28.7 Å². The molecule has 0 radical (unpaired) electrons. The molecule has 0 spiro atoms. The lowest BCUT2D eigenvalue weighted by Gasteiger charge is -2.28. The Morgan fingerprint density at radius 3 is 2.05 bits per heavy atom. The van der Waals surface area contributed by atoms with Crippen LogP contribution in [0, 0.1) is 0 Å². The molecule has 3 aromatic rings. The number of rotatable bonds is 3. The number of nitrogens with zero attached hydrogens (tertiary/aromatic N) is 2. The Labute approximate surface area is 214 Å². The maximum absolute atomic E-state index is 13.3. The van der Waals surface area contributed by atoms with Crippen molar-refractivity contribution in [3.8, 4) is 17.0 Å². The smallest absolute Gasteiger partial charge is 0.416 e. The summed E-state index contributed by atoms with van der Waals surface area (Å²) in [5.74, 6) is 0.418. The zero-order valence-corrected chi connectivity index (χ0v) is 20.3. The Morgan fingerprint density at radius 1 is 0.921 bits per heavy atom. The third-order valence-corrected chi connectivity index (χ3v) is 5.39. The van der Waals surface area contributed by atoms with Gasteiger partial charge in [0.05, 0.1) is 17.7 Å². The first-order valence-electron chi connectivity index (χ1n) is 11.0. The number of pyridine rings is 1. The minimum atomic E-state index is -4.88. The minimum absolute atomic E-state index is 0.0506. The lowest BCUT2D eigenvalue weighted by molar-refractivity contribution is -0.143. The molecule has 4 rings (SSSR count). The maximum atomic E-state index is 13.3. The third kappa shape index (κ3) is 8.68. The van der Waals surface area contributed by atoms with Crippen molar-refractivity contribution in [2.24, 2.45) is 0 Å². The van der Waals surface area contributed by atoms with Crippen LogP contribution in [-0.2, 0) is 35.8 Å². The summed E-state index contributed by atoms with van der Waals surface area (Å²) in [5.41, 5.74) is -0.160. The van der Waals surface area contributed by atoms with Crippen LogP contribution in [0.4, 0.5) is 26.3 Å². The molecule has 0 fully saturated rings. The fraction of sp³-hybridized carbons (Fsp3) is 0.292. The molecule has 1 aromatic heterocycles. The molecule has 0 unspecified atom stereocenters. The number of fused-ring (bicyclic) bond motifs is 1. The summed E-state index contributed by atoms with van der Waals surface area (Å²) in [6.45, 7) is 0.978. The summed E-state index contributed by atoms with van der Waals surface area (Å²) < 4.78 is 117. The summed E-state index contributed by atoms with van der Waals surface area (Å²) in [6, 6.07) is 13.0. The van der Waals surface area contributed by atoms with Crippen molar-refractivity contribution in [1.29, 1.82) is 0 Å². The second-order valence-electron chi connectivity index (χ2n) is 8.28. The van der Waals surface area contributed by atoms with Gasteiger partial charge in [-0.05, 0) is 47.4 Å². The number of hydrogen-bond acceptors (Lipinski definition) is 5. The molecule has 0 bridgehead atoms. The predicted molar refractivity (Wildman–Crippen MR) is 125 cm³/mol. The van der Waals surface area contributed by atoms with E-state index in [1.165, 1.54) is 0 Å². The molecule has 0 saturated heterocycles. The van der Waals surface area contributed by atoms with Crippen LogP contribution in [0.15, 0.2) is 60.8 Å². The van der Waals surface area contributed by atoms with Gasteiger partial charge in [0, 0.05) is 31.4 Å². The van der Waals surface area contributed by atoms with Crippen molar-refractivity contribution in [3.05, 3.63) is 83.0 Å². The van der Waals surface area contributed by atoms with E-state index in [1.807, 2.05) is 41.3 Å². The SMILES string of the molecule is FC(F)(F)c1cc(CN2CCCOc3nccc(-c4ccccc4)c3C2)cc(C(F)(F)F)c1.O=S(=O)(O)O. The zero-order chi connectivity index (χ0) is 28.1. The van der Waals surface area contributed by atoms with Gasteiger partial charge in [-0.2, -0.15) is 34.8 Å². The fourth-order valence-corrected chi connectivity index (χ4v) is 3.90. The minimum Gasteiger partial charge on any atom is -0.477 e. The van der Waals surface area contributed by atoms with Gasteiger partial charge in [-0.1, -0.05) is 30.3 Å². The van der Waals surface area contributed by atoms with Crippen molar-refractivity contribution in [2.45, 2.75) is 31.9 Å². The number of alkyl halides is 6.